The normalized spacial score (nSPS) is 10.3. The van der Waals surface area contributed by atoms with Crippen molar-refractivity contribution in [2.45, 2.75) is 13.3 Å². The van der Waals surface area contributed by atoms with Gasteiger partial charge in [-0.1, -0.05) is 12.1 Å². The molecule has 18 heavy (non-hydrogen) atoms. The Morgan fingerprint density at radius 2 is 1.83 bits per heavy atom. The molecule has 0 heterocycles. The first-order valence-corrected chi connectivity index (χ1v) is 6.02. The van der Waals surface area contributed by atoms with E-state index in [0.29, 0.717) is 5.75 Å². The van der Waals surface area contributed by atoms with E-state index in [1.165, 1.54) is 5.56 Å². The highest BCUT2D eigenvalue weighted by molar-refractivity contribution is 5.56. The number of aryl methyl sites for hydroxylation is 1. The van der Waals surface area contributed by atoms with E-state index in [0.717, 1.165) is 29.9 Å². The van der Waals surface area contributed by atoms with Gasteiger partial charge in [-0.05, 0) is 54.8 Å². The summed E-state index contributed by atoms with van der Waals surface area (Å²) in [5.74, 6) is 0.304. The van der Waals surface area contributed by atoms with Gasteiger partial charge in [0, 0.05) is 17.9 Å². The third-order valence-electron chi connectivity index (χ3n) is 2.78. The number of phenols is 1. The van der Waals surface area contributed by atoms with Gasteiger partial charge < -0.3 is 16.2 Å². The van der Waals surface area contributed by atoms with Crippen molar-refractivity contribution < 1.29 is 5.11 Å². The Kier molecular flexibility index (Phi) is 3.72. The Morgan fingerprint density at radius 3 is 2.50 bits per heavy atom. The van der Waals surface area contributed by atoms with Crippen LogP contribution in [0, 0.1) is 6.92 Å². The molecular weight excluding hydrogens is 224 g/mol. The van der Waals surface area contributed by atoms with E-state index in [9.17, 15) is 5.11 Å². The smallest absolute Gasteiger partial charge is 0.115 e. The summed E-state index contributed by atoms with van der Waals surface area (Å²) in [4.78, 5) is 0. The van der Waals surface area contributed by atoms with Gasteiger partial charge in [-0.15, -0.1) is 0 Å². The van der Waals surface area contributed by atoms with Crippen LogP contribution in [0.4, 0.5) is 11.4 Å². The molecule has 0 fully saturated rings. The third kappa shape index (κ3) is 3.42. The van der Waals surface area contributed by atoms with Crippen molar-refractivity contribution in [3.63, 3.8) is 0 Å². The number of aromatic hydroxyl groups is 1. The molecule has 0 bridgehead atoms. The van der Waals surface area contributed by atoms with Crippen LogP contribution in [0.3, 0.4) is 0 Å². The fourth-order valence-corrected chi connectivity index (χ4v) is 1.93. The van der Waals surface area contributed by atoms with Gasteiger partial charge in [0.2, 0.25) is 0 Å². The van der Waals surface area contributed by atoms with E-state index in [4.69, 9.17) is 5.73 Å². The number of nitrogen functional groups attached to an aromatic ring is 1. The number of nitrogens with one attached hydrogen (secondary N) is 1. The van der Waals surface area contributed by atoms with Crippen molar-refractivity contribution in [3.8, 4) is 5.75 Å². The summed E-state index contributed by atoms with van der Waals surface area (Å²) in [7, 11) is 0. The Hall–Kier alpha value is -2.16. The lowest BCUT2D eigenvalue weighted by Gasteiger charge is -2.08. The van der Waals surface area contributed by atoms with E-state index in [1.54, 1.807) is 12.1 Å². The van der Waals surface area contributed by atoms with Crippen molar-refractivity contribution in [2.75, 3.05) is 17.6 Å². The van der Waals surface area contributed by atoms with Gasteiger partial charge in [0.15, 0.2) is 0 Å². The highest BCUT2D eigenvalue weighted by atomic mass is 16.3. The van der Waals surface area contributed by atoms with Crippen molar-refractivity contribution in [3.05, 3.63) is 53.6 Å². The SMILES string of the molecule is Cc1cc(N)cc(NCCc2ccc(O)cc2)c1. The molecule has 0 atom stereocenters. The second kappa shape index (κ2) is 5.45. The Balaban J connectivity index is 1.90. The van der Waals surface area contributed by atoms with Crippen LogP contribution in [0.15, 0.2) is 42.5 Å². The molecule has 0 aliphatic carbocycles. The third-order valence-corrected chi connectivity index (χ3v) is 2.78. The van der Waals surface area contributed by atoms with Gasteiger partial charge in [0.25, 0.3) is 0 Å². The van der Waals surface area contributed by atoms with Crippen LogP contribution in [0.25, 0.3) is 0 Å². The Bertz CT molecular complexity index is 500. The quantitative estimate of drug-likeness (QED) is 0.722. The topological polar surface area (TPSA) is 58.3 Å². The van der Waals surface area contributed by atoms with Crippen LogP contribution in [0.5, 0.6) is 5.75 Å². The zero-order valence-electron chi connectivity index (χ0n) is 10.5. The summed E-state index contributed by atoms with van der Waals surface area (Å²) in [6.45, 7) is 2.87. The second-order valence-corrected chi connectivity index (χ2v) is 4.48. The molecule has 94 valence electrons. The van der Waals surface area contributed by atoms with Gasteiger partial charge in [0.1, 0.15) is 5.75 Å². The fourth-order valence-electron chi connectivity index (χ4n) is 1.93. The summed E-state index contributed by atoms with van der Waals surface area (Å²) in [6.07, 6.45) is 0.911. The molecule has 0 unspecified atom stereocenters. The molecule has 0 radical (unpaired) electrons. The molecular formula is C15H18N2O. The predicted molar refractivity (Wildman–Crippen MR) is 75.9 cm³/mol. The summed E-state index contributed by atoms with van der Waals surface area (Å²) < 4.78 is 0. The summed E-state index contributed by atoms with van der Waals surface area (Å²) in [5.41, 5.74) is 9.97. The first-order valence-electron chi connectivity index (χ1n) is 6.02. The highest BCUT2D eigenvalue weighted by Gasteiger charge is 1.97. The minimum atomic E-state index is 0.304. The maximum absolute atomic E-state index is 9.19. The monoisotopic (exact) mass is 242 g/mol. The van der Waals surface area contributed by atoms with E-state index in [2.05, 4.69) is 11.4 Å². The average molecular weight is 242 g/mol. The number of benzene rings is 2. The highest BCUT2D eigenvalue weighted by Crippen LogP contribution is 2.16. The number of nitrogens with two attached hydrogens (primary N) is 1. The first kappa shape index (κ1) is 12.3. The lowest BCUT2D eigenvalue weighted by molar-refractivity contribution is 0.475. The predicted octanol–water partition coefficient (Wildman–Crippen LogP) is 2.94. The molecule has 0 aliphatic heterocycles. The summed E-state index contributed by atoms with van der Waals surface area (Å²) in [6, 6.07) is 13.2. The van der Waals surface area contributed by atoms with E-state index < -0.39 is 0 Å². The minimum absolute atomic E-state index is 0.304. The molecule has 0 aromatic heterocycles. The van der Waals surface area contributed by atoms with Crippen LogP contribution in [-0.4, -0.2) is 11.7 Å². The van der Waals surface area contributed by atoms with Crippen molar-refractivity contribution in [1.29, 1.82) is 0 Å². The lowest BCUT2D eigenvalue weighted by Crippen LogP contribution is -2.05. The molecule has 2 aromatic carbocycles. The van der Waals surface area contributed by atoms with Crippen LogP contribution in [-0.2, 0) is 6.42 Å². The Morgan fingerprint density at radius 1 is 1.11 bits per heavy atom. The standard InChI is InChI=1S/C15H18N2O/c1-11-8-13(16)10-14(9-11)17-7-6-12-2-4-15(18)5-3-12/h2-5,8-10,17-18H,6-7,16H2,1H3. The van der Waals surface area contributed by atoms with E-state index in [1.807, 2.05) is 31.2 Å². The zero-order valence-corrected chi connectivity index (χ0v) is 10.5. The number of anilines is 2. The Labute approximate surface area is 107 Å². The van der Waals surface area contributed by atoms with Gasteiger partial charge in [0.05, 0.1) is 0 Å². The fraction of sp³-hybridized carbons (Fsp3) is 0.200. The van der Waals surface area contributed by atoms with Crippen molar-refractivity contribution >= 4 is 11.4 Å². The maximum Gasteiger partial charge on any atom is 0.115 e. The number of hydrogen-bond donors (Lipinski definition) is 3. The molecule has 0 saturated carbocycles. The van der Waals surface area contributed by atoms with Gasteiger partial charge in [-0.25, -0.2) is 0 Å². The van der Waals surface area contributed by atoms with E-state index >= 15 is 0 Å². The van der Waals surface area contributed by atoms with Crippen LogP contribution in [0.2, 0.25) is 0 Å². The molecule has 0 saturated heterocycles. The summed E-state index contributed by atoms with van der Waals surface area (Å²) >= 11 is 0. The lowest BCUT2D eigenvalue weighted by atomic mass is 10.1. The van der Waals surface area contributed by atoms with Crippen molar-refractivity contribution in [1.82, 2.24) is 0 Å². The maximum atomic E-state index is 9.19. The molecule has 3 nitrogen and oxygen atoms in total. The number of hydrogen-bond acceptors (Lipinski definition) is 3. The van der Waals surface area contributed by atoms with Crippen molar-refractivity contribution in [2.24, 2.45) is 0 Å². The number of phenolic OH excluding ortho intramolecular Hbond substituents is 1. The van der Waals surface area contributed by atoms with Gasteiger partial charge >= 0.3 is 0 Å². The number of rotatable bonds is 4. The van der Waals surface area contributed by atoms with E-state index in [-0.39, 0.29) is 0 Å². The molecule has 0 spiro atoms. The van der Waals surface area contributed by atoms with Gasteiger partial charge in [-0.3, -0.25) is 0 Å². The molecule has 0 aliphatic rings. The molecule has 4 N–H and O–H groups in total. The van der Waals surface area contributed by atoms with Crippen LogP contribution < -0.4 is 11.1 Å². The largest absolute Gasteiger partial charge is 0.508 e. The molecule has 2 rings (SSSR count). The van der Waals surface area contributed by atoms with Crippen LogP contribution >= 0.6 is 0 Å². The minimum Gasteiger partial charge on any atom is -0.508 e. The first-order chi connectivity index (χ1) is 8.63. The molecule has 2 aromatic rings. The summed E-state index contributed by atoms with van der Waals surface area (Å²) in [5, 5.41) is 12.5. The second-order valence-electron chi connectivity index (χ2n) is 4.48. The van der Waals surface area contributed by atoms with Crippen LogP contribution in [0.1, 0.15) is 11.1 Å². The average Bonchev–Trinajstić information content (AvgIpc) is 2.30. The van der Waals surface area contributed by atoms with Gasteiger partial charge in [-0.2, -0.15) is 0 Å². The molecule has 3 heteroatoms. The molecule has 0 amide bonds. The zero-order chi connectivity index (χ0) is 13.0.